The monoisotopic (exact) mass is 1500 g/mol. The predicted molar refractivity (Wildman–Crippen MR) is 495 cm³/mol. The van der Waals surface area contributed by atoms with Crippen LogP contribution in [0, 0.1) is 0 Å². The minimum absolute atomic E-state index is 0.0434. The summed E-state index contributed by atoms with van der Waals surface area (Å²) in [5, 5.41) is 16.7. The first-order valence-corrected chi connectivity index (χ1v) is 39.1. The largest absolute Gasteiger partial charge is 0.456 e. The summed E-state index contributed by atoms with van der Waals surface area (Å²) >= 11 is 0. The Hall–Kier alpha value is -15.4. The number of hydrogen-bond donors (Lipinski definition) is 0. The molecule has 3 aromatic heterocycles. The highest BCUT2D eigenvalue weighted by molar-refractivity contribution is 6.30. The summed E-state index contributed by atoms with van der Waals surface area (Å²) in [4.78, 5) is 0. The van der Waals surface area contributed by atoms with Crippen LogP contribution in [0.4, 0.5) is 0 Å². The van der Waals surface area contributed by atoms with Gasteiger partial charge in [0.2, 0.25) is 0 Å². The smallest absolute Gasteiger partial charge is 0.143 e. The van der Waals surface area contributed by atoms with Gasteiger partial charge in [-0.15, -0.1) is 0 Å². The average Bonchev–Trinajstić information content (AvgIpc) is 0.902. The SMILES string of the molecule is [2H]c1c([2H])c(-c2c3ccccc3c(-c3ccccc3)c3ccccc23)c2c(oc3ccccc32)c1[2H].[2H]c1c([2H])c([2H])c(-c2c3ccccc3c(-c3cccc4oc5c(-c6ccccc6)cccc5c34)c3ccccc23)c([2H])c1[2H].[2H]c1c([2H])c([2H])c(-c2c3ccccc3c(-c3cccc4oc5c(-c6ccccc6-c6ccccc6)cccc5c34)c3ccccc23)c([2H])c1[2H]. The third-order valence-electron chi connectivity index (χ3n) is 22.8. The zero-order valence-corrected chi connectivity index (χ0v) is 62.8. The topological polar surface area (TPSA) is 39.4 Å². The first-order valence-electron chi connectivity index (χ1n) is 45.6. The lowest BCUT2D eigenvalue weighted by Crippen LogP contribution is -1.91. The number of hydrogen-bond acceptors (Lipinski definition) is 3. The molecular formula is C114H72O3. The lowest BCUT2D eigenvalue weighted by atomic mass is 9.85. The van der Waals surface area contributed by atoms with Gasteiger partial charge in [-0.2, -0.15) is 0 Å². The lowest BCUT2D eigenvalue weighted by molar-refractivity contribution is 0.669. The van der Waals surface area contributed by atoms with Crippen LogP contribution in [0.15, 0.2) is 450 Å². The molecule has 0 saturated carbocycles. The Morgan fingerprint density at radius 1 is 0.145 bits per heavy atom. The standard InChI is InChI=1S/C44H28O.C38H24O.C32H20O/c1-3-15-29(16-4-1)31-19-7-8-20-32(31)37-25-13-27-39-43-38(26-14-28-40(43)45-44(37)39)42-35-23-11-9-21-33(35)41(30-17-5-2-6-18-30)34-22-10-12-24-36(34)42;1-3-13-25(14-4-1)27-21-11-23-33-37-32(22-12-24-34(37)39-38(27)33)36-30-19-9-7-17-28(30)35(26-15-5-2-6-16-26)29-18-8-10-20-31(29)36;1-2-11-21(12-3-1)30-22-13-4-6-15-24(22)31(25-16-7-5-14-23(25)30)27-18-10-20-29-32(27)26-17-8-9-19-28(26)33-29/h1-28H;1-24H;1-20H/i2D,5D,6D,17D,18D;2D,5D,6D,15D,16D;10D,18D,20D. The van der Waals surface area contributed by atoms with E-state index in [1.165, 1.54) is 0 Å². The van der Waals surface area contributed by atoms with E-state index in [2.05, 4.69) is 170 Å². The van der Waals surface area contributed by atoms with Gasteiger partial charge in [0, 0.05) is 43.4 Å². The summed E-state index contributed by atoms with van der Waals surface area (Å²) in [6.45, 7) is 0. The van der Waals surface area contributed by atoms with Gasteiger partial charge < -0.3 is 13.3 Å². The third-order valence-corrected chi connectivity index (χ3v) is 22.8. The van der Waals surface area contributed by atoms with E-state index in [4.69, 9.17) is 31.1 Å². The zero-order valence-electron chi connectivity index (χ0n) is 75.8. The van der Waals surface area contributed by atoms with Crippen LogP contribution in [0.1, 0.15) is 17.8 Å². The van der Waals surface area contributed by atoms with Gasteiger partial charge in [0.15, 0.2) is 0 Å². The van der Waals surface area contributed by atoms with Gasteiger partial charge in [-0.25, -0.2) is 0 Å². The van der Waals surface area contributed by atoms with Crippen LogP contribution in [0.5, 0.6) is 0 Å². The first-order chi connectivity index (χ1) is 63.5. The first kappa shape index (κ1) is 55.9. The van der Waals surface area contributed by atoms with Crippen molar-refractivity contribution in [3.05, 3.63) is 436 Å². The molecule has 0 amide bonds. The van der Waals surface area contributed by atoms with E-state index in [9.17, 15) is 0 Å². The second-order valence-electron chi connectivity index (χ2n) is 29.1. The van der Waals surface area contributed by atoms with E-state index in [-0.39, 0.29) is 77.6 Å². The maximum Gasteiger partial charge on any atom is 0.143 e. The molecule has 0 radical (unpaired) electrons. The van der Waals surface area contributed by atoms with Crippen LogP contribution in [0.3, 0.4) is 0 Å². The van der Waals surface area contributed by atoms with Crippen molar-refractivity contribution < 1.29 is 31.1 Å². The fourth-order valence-corrected chi connectivity index (χ4v) is 18.0. The molecule has 3 nitrogen and oxygen atoms in total. The number of benzene rings is 21. The number of fused-ring (bicyclic) bond motifs is 15. The van der Waals surface area contributed by atoms with Gasteiger partial charge in [0.05, 0.1) is 17.8 Å². The van der Waals surface area contributed by atoms with Crippen molar-refractivity contribution in [3.8, 4) is 100 Å². The summed E-state index contributed by atoms with van der Waals surface area (Å²) in [5.41, 5.74) is 20.1. The Bertz CT molecular complexity index is 8620. The molecule has 24 aromatic rings. The van der Waals surface area contributed by atoms with E-state index in [1.807, 2.05) is 188 Å². The summed E-state index contributed by atoms with van der Waals surface area (Å²) in [6, 6.07) is 117. The molecule has 0 saturated heterocycles. The van der Waals surface area contributed by atoms with Crippen LogP contribution < -0.4 is 0 Å². The molecule has 0 aliphatic heterocycles. The van der Waals surface area contributed by atoms with Crippen LogP contribution in [-0.4, -0.2) is 0 Å². The fraction of sp³-hybridized carbons (Fsp3) is 0. The van der Waals surface area contributed by atoms with E-state index in [0.717, 1.165) is 192 Å². The second-order valence-corrected chi connectivity index (χ2v) is 29.1. The molecule has 0 N–H and O–H groups in total. The summed E-state index contributed by atoms with van der Waals surface area (Å²) < 4.78 is 131. The van der Waals surface area contributed by atoms with Gasteiger partial charge >= 0.3 is 0 Å². The molecule has 0 spiro atoms. The highest BCUT2D eigenvalue weighted by Crippen LogP contribution is 2.53. The van der Waals surface area contributed by atoms with Crippen molar-refractivity contribution >= 4 is 130 Å². The fourth-order valence-electron chi connectivity index (χ4n) is 18.0. The maximum atomic E-state index is 9.09. The lowest BCUT2D eigenvalue weighted by Gasteiger charge is -2.18. The van der Waals surface area contributed by atoms with Crippen LogP contribution >= 0.6 is 0 Å². The predicted octanol–water partition coefficient (Wildman–Crippen LogP) is 32.7. The van der Waals surface area contributed by atoms with Gasteiger partial charge in [0.25, 0.3) is 0 Å². The van der Waals surface area contributed by atoms with Crippen LogP contribution in [-0.2, 0) is 0 Å². The summed E-state index contributed by atoms with van der Waals surface area (Å²) in [5.74, 6) is 0. The Morgan fingerprint density at radius 2 is 0.436 bits per heavy atom. The minimum atomic E-state index is -0.404. The molecule has 21 aromatic carbocycles. The molecule has 0 bridgehead atoms. The Labute approximate surface area is 694 Å². The minimum Gasteiger partial charge on any atom is -0.456 e. The number of para-hydroxylation sites is 3. The third kappa shape index (κ3) is 11.6. The van der Waals surface area contributed by atoms with Crippen molar-refractivity contribution in [3.63, 3.8) is 0 Å². The average molecular weight is 1500 g/mol. The van der Waals surface area contributed by atoms with Crippen molar-refractivity contribution in [2.24, 2.45) is 0 Å². The van der Waals surface area contributed by atoms with Crippen LogP contribution in [0.2, 0.25) is 0 Å². The van der Waals surface area contributed by atoms with E-state index in [0.29, 0.717) is 27.9 Å². The van der Waals surface area contributed by atoms with E-state index < -0.39 is 12.1 Å². The molecule has 0 atom stereocenters. The molecule has 3 heteroatoms. The zero-order chi connectivity index (χ0) is 88.6. The second kappa shape index (κ2) is 29.0. The molecule has 3 heterocycles. The number of furan rings is 3. The Balaban J connectivity index is 0.000000116. The van der Waals surface area contributed by atoms with Crippen molar-refractivity contribution in [1.82, 2.24) is 0 Å². The van der Waals surface area contributed by atoms with Crippen molar-refractivity contribution in [2.45, 2.75) is 0 Å². The highest BCUT2D eigenvalue weighted by Gasteiger charge is 2.26. The molecule has 0 fully saturated rings. The number of rotatable bonds is 9. The Morgan fingerprint density at radius 3 is 0.880 bits per heavy atom. The van der Waals surface area contributed by atoms with E-state index in [1.54, 1.807) is 0 Å². The summed E-state index contributed by atoms with van der Waals surface area (Å²) in [6.07, 6.45) is 0. The van der Waals surface area contributed by atoms with E-state index >= 15 is 0 Å². The molecular weight excluding hydrogens is 1420 g/mol. The Kier molecular flexibility index (Phi) is 13.8. The quantitative estimate of drug-likeness (QED) is 0.135. The normalized spacial score (nSPS) is 13.1. The maximum absolute atomic E-state index is 9.09. The van der Waals surface area contributed by atoms with Crippen molar-refractivity contribution in [1.29, 1.82) is 0 Å². The molecule has 546 valence electrons. The van der Waals surface area contributed by atoms with Crippen molar-refractivity contribution in [2.75, 3.05) is 0 Å². The molecule has 117 heavy (non-hydrogen) atoms. The summed E-state index contributed by atoms with van der Waals surface area (Å²) in [7, 11) is 0. The van der Waals surface area contributed by atoms with Gasteiger partial charge in [-0.3, -0.25) is 0 Å². The van der Waals surface area contributed by atoms with Gasteiger partial charge in [0.1, 0.15) is 33.5 Å². The molecule has 0 unspecified atom stereocenters. The molecule has 0 aliphatic rings. The molecule has 0 aliphatic carbocycles. The molecule has 24 rings (SSSR count). The van der Waals surface area contributed by atoms with Crippen LogP contribution in [0.25, 0.3) is 231 Å². The van der Waals surface area contributed by atoms with Gasteiger partial charge in [-0.05, 0) is 178 Å². The van der Waals surface area contributed by atoms with Gasteiger partial charge in [-0.1, -0.05) is 412 Å². The highest BCUT2D eigenvalue weighted by atomic mass is 16.3.